The van der Waals surface area contributed by atoms with Crippen LogP contribution in [0.4, 0.5) is 5.82 Å². The first-order valence-electron chi connectivity index (χ1n) is 3.29. The summed E-state index contributed by atoms with van der Waals surface area (Å²) >= 11 is 0. The first-order valence-corrected chi connectivity index (χ1v) is 3.29. The van der Waals surface area contributed by atoms with Gasteiger partial charge >= 0.3 is 0 Å². The van der Waals surface area contributed by atoms with Crippen LogP contribution in [0, 0.1) is 0 Å². The summed E-state index contributed by atoms with van der Waals surface area (Å²) in [5.74, 6) is 0.676. The van der Waals surface area contributed by atoms with Crippen LogP contribution < -0.4 is 5.32 Å². The molecule has 0 saturated carbocycles. The molecule has 4 nitrogen and oxygen atoms in total. The van der Waals surface area contributed by atoms with Gasteiger partial charge in [0, 0.05) is 11.8 Å². The summed E-state index contributed by atoms with van der Waals surface area (Å²) in [6.07, 6.45) is 2.34. The van der Waals surface area contributed by atoms with E-state index < -0.39 is 6.23 Å². The molecule has 1 aromatic heterocycles. The lowest BCUT2D eigenvalue weighted by Gasteiger charge is -2.14. The standard InChI is InChI=1S/C7H7N3O/c11-7-5-2-1-3-8-6(5)9-4-10-7/h1-4,7,11H,(H,8,9,10). The number of pyridine rings is 1. The van der Waals surface area contributed by atoms with Crippen LogP contribution in [-0.4, -0.2) is 16.4 Å². The molecule has 0 radical (unpaired) electrons. The Morgan fingerprint density at radius 1 is 1.55 bits per heavy atom. The highest BCUT2D eigenvalue weighted by molar-refractivity contribution is 5.77. The quantitative estimate of drug-likeness (QED) is 0.565. The van der Waals surface area contributed by atoms with Gasteiger partial charge in [-0.1, -0.05) is 0 Å². The Balaban J connectivity index is 2.50. The van der Waals surface area contributed by atoms with Gasteiger partial charge in [0.1, 0.15) is 5.82 Å². The van der Waals surface area contributed by atoms with Gasteiger partial charge in [0.15, 0.2) is 6.23 Å². The van der Waals surface area contributed by atoms with E-state index in [2.05, 4.69) is 15.3 Å². The first kappa shape index (κ1) is 6.30. The molecule has 0 aliphatic carbocycles. The molecule has 0 saturated heterocycles. The van der Waals surface area contributed by atoms with Crippen LogP contribution in [0.2, 0.25) is 0 Å². The summed E-state index contributed by atoms with van der Waals surface area (Å²) in [6.45, 7) is 0. The molecule has 2 heterocycles. The monoisotopic (exact) mass is 149 g/mol. The summed E-state index contributed by atoms with van der Waals surface area (Å²) in [7, 11) is 0. The average Bonchev–Trinajstić information content (AvgIpc) is 2.06. The second-order valence-electron chi connectivity index (χ2n) is 2.24. The number of aliphatic hydroxyl groups is 1. The van der Waals surface area contributed by atoms with Gasteiger partial charge in [-0.05, 0) is 12.1 Å². The van der Waals surface area contributed by atoms with Crippen molar-refractivity contribution in [1.29, 1.82) is 0 Å². The number of fused-ring (bicyclic) bond motifs is 1. The molecular formula is C7H7N3O. The molecule has 0 bridgehead atoms. The van der Waals surface area contributed by atoms with Crippen LogP contribution >= 0.6 is 0 Å². The van der Waals surface area contributed by atoms with Crippen molar-refractivity contribution >= 4 is 12.2 Å². The van der Waals surface area contributed by atoms with Crippen LogP contribution in [0.3, 0.4) is 0 Å². The predicted molar refractivity (Wildman–Crippen MR) is 41.3 cm³/mol. The average molecular weight is 149 g/mol. The van der Waals surface area contributed by atoms with Crippen molar-refractivity contribution in [2.75, 3.05) is 5.32 Å². The number of aromatic nitrogens is 1. The number of aliphatic imine (C=N–C) groups is 1. The number of hydrogen-bond donors (Lipinski definition) is 2. The SMILES string of the molecule is OC1N=CNc2ncccc21. The zero-order valence-corrected chi connectivity index (χ0v) is 5.73. The molecule has 56 valence electrons. The number of hydrogen-bond acceptors (Lipinski definition) is 4. The molecule has 0 fully saturated rings. The van der Waals surface area contributed by atoms with Crippen LogP contribution in [0.15, 0.2) is 23.3 Å². The van der Waals surface area contributed by atoms with E-state index in [1.165, 1.54) is 6.34 Å². The fourth-order valence-electron chi connectivity index (χ4n) is 0.996. The number of nitrogens with one attached hydrogen (secondary N) is 1. The summed E-state index contributed by atoms with van der Waals surface area (Å²) in [5.41, 5.74) is 0.718. The van der Waals surface area contributed by atoms with Crippen molar-refractivity contribution in [2.24, 2.45) is 4.99 Å². The molecule has 2 N–H and O–H groups in total. The third-order valence-electron chi connectivity index (χ3n) is 1.53. The summed E-state index contributed by atoms with van der Waals surface area (Å²) in [6, 6.07) is 3.56. The normalized spacial score (nSPS) is 20.6. The van der Waals surface area contributed by atoms with E-state index in [0.717, 1.165) is 5.56 Å². The maximum Gasteiger partial charge on any atom is 0.176 e. The van der Waals surface area contributed by atoms with Gasteiger partial charge in [-0.15, -0.1) is 0 Å². The Morgan fingerprint density at radius 3 is 3.27 bits per heavy atom. The molecule has 0 spiro atoms. The van der Waals surface area contributed by atoms with E-state index >= 15 is 0 Å². The van der Waals surface area contributed by atoms with Gasteiger partial charge in [-0.25, -0.2) is 9.98 Å². The van der Waals surface area contributed by atoms with E-state index in [9.17, 15) is 5.11 Å². The molecule has 1 aliphatic rings. The maximum atomic E-state index is 9.28. The lowest BCUT2D eigenvalue weighted by Crippen LogP contribution is -2.10. The van der Waals surface area contributed by atoms with Crippen molar-refractivity contribution in [3.05, 3.63) is 23.9 Å². The van der Waals surface area contributed by atoms with Gasteiger partial charge in [0.2, 0.25) is 0 Å². The van der Waals surface area contributed by atoms with Crippen LogP contribution in [0.25, 0.3) is 0 Å². The molecule has 0 aromatic carbocycles. The Morgan fingerprint density at radius 2 is 2.45 bits per heavy atom. The minimum atomic E-state index is -0.764. The van der Waals surface area contributed by atoms with E-state index in [4.69, 9.17) is 0 Å². The Bertz CT molecular complexity index is 297. The fourth-order valence-corrected chi connectivity index (χ4v) is 0.996. The summed E-state index contributed by atoms with van der Waals surface area (Å²) in [4.78, 5) is 7.76. The molecule has 2 rings (SSSR count). The van der Waals surface area contributed by atoms with Crippen LogP contribution in [0.1, 0.15) is 11.8 Å². The van der Waals surface area contributed by atoms with Crippen LogP contribution in [-0.2, 0) is 0 Å². The van der Waals surface area contributed by atoms with Gasteiger partial charge in [0.25, 0.3) is 0 Å². The highest BCUT2D eigenvalue weighted by atomic mass is 16.3. The molecule has 11 heavy (non-hydrogen) atoms. The van der Waals surface area contributed by atoms with E-state index in [-0.39, 0.29) is 0 Å². The largest absolute Gasteiger partial charge is 0.368 e. The Hall–Kier alpha value is -1.42. The van der Waals surface area contributed by atoms with Crippen LogP contribution in [0.5, 0.6) is 0 Å². The molecule has 1 aliphatic heterocycles. The maximum absolute atomic E-state index is 9.28. The smallest absolute Gasteiger partial charge is 0.176 e. The predicted octanol–water partition coefficient (Wildman–Crippen LogP) is 0.526. The lowest BCUT2D eigenvalue weighted by molar-refractivity contribution is 0.188. The molecule has 1 atom stereocenters. The molecule has 1 aromatic rings. The highest BCUT2D eigenvalue weighted by Crippen LogP contribution is 2.22. The van der Waals surface area contributed by atoms with Crippen molar-refractivity contribution in [3.8, 4) is 0 Å². The minimum absolute atomic E-state index is 0.676. The fraction of sp³-hybridized carbons (Fsp3) is 0.143. The molecule has 4 heteroatoms. The number of rotatable bonds is 0. The summed E-state index contributed by atoms with van der Waals surface area (Å²) < 4.78 is 0. The third-order valence-corrected chi connectivity index (χ3v) is 1.53. The molecular weight excluding hydrogens is 142 g/mol. The van der Waals surface area contributed by atoms with Gasteiger partial charge in [0.05, 0.1) is 6.34 Å². The van der Waals surface area contributed by atoms with Crippen molar-refractivity contribution < 1.29 is 5.11 Å². The molecule has 0 amide bonds. The number of anilines is 1. The van der Waals surface area contributed by atoms with Crippen molar-refractivity contribution in [2.45, 2.75) is 6.23 Å². The second-order valence-corrected chi connectivity index (χ2v) is 2.24. The first-order chi connectivity index (χ1) is 5.38. The second kappa shape index (κ2) is 2.32. The molecule has 1 unspecified atom stereocenters. The lowest BCUT2D eigenvalue weighted by atomic mass is 10.2. The Labute approximate surface area is 63.6 Å². The summed E-state index contributed by atoms with van der Waals surface area (Å²) in [5, 5.41) is 12.1. The van der Waals surface area contributed by atoms with Gasteiger partial charge in [-0.2, -0.15) is 0 Å². The Kier molecular flexibility index (Phi) is 1.33. The van der Waals surface area contributed by atoms with E-state index in [1.54, 1.807) is 18.3 Å². The van der Waals surface area contributed by atoms with Crippen molar-refractivity contribution in [1.82, 2.24) is 4.98 Å². The van der Waals surface area contributed by atoms with E-state index in [0.29, 0.717) is 5.82 Å². The topological polar surface area (TPSA) is 57.5 Å². The minimum Gasteiger partial charge on any atom is -0.368 e. The number of nitrogens with zero attached hydrogens (tertiary/aromatic N) is 2. The van der Waals surface area contributed by atoms with Gasteiger partial charge < -0.3 is 10.4 Å². The third kappa shape index (κ3) is 0.969. The van der Waals surface area contributed by atoms with E-state index in [1.807, 2.05) is 0 Å². The van der Waals surface area contributed by atoms with Crippen molar-refractivity contribution in [3.63, 3.8) is 0 Å². The zero-order chi connectivity index (χ0) is 7.68. The highest BCUT2D eigenvalue weighted by Gasteiger charge is 2.13. The zero-order valence-electron chi connectivity index (χ0n) is 5.73. The number of aliphatic hydroxyl groups excluding tert-OH is 1. The van der Waals surface area contributed by atoms with Gasteiger partial charge in [-0.3, -0.25) is 0 Å².